The number of ether oxygens (including phenoxy) is 1. The lowest BCUT2D eigenvalue weighted by atomic mass is 9.98. The zero-order chi connectivity index (χ0) is 12.4. The highest BCUT2D eigenvalue weighted by atomic mass is 32.2. The molecule has 2 aliphatic rings. The van der Waals surface area contributed by atoms with Crippen molar-refractivity contribution in [1.29, 1.82) is 0 Å². The maximum Gasteiger partial charge on any atom is 0.0687 e. The quantitative estimate of drug-likeness (QED) is 0.851. The molecule has 3 nitrogen and oxygen atoms in total. The number of thioether (sulfide) groups is 1. The lowest BCUT2D eigenvalue weighted by Crippen LogP contribution is -2.25. The number of hydrogen-bond acceptors (Lipinski definition) is 4. The summed E-state index contributed by atoms with van der Waals surface area (Å²) in [5.74, 6) is 1.01. The van der Waals surface area contributed by atoms with Gasteiger partial charge in [-0.15, -0.1) is 11.8 Å². The minimum absolute atomic E-state index is 0.245. The van der Waals surface area contributed by atoms with Gasteiger partial charge in [-0.2, -0.15) is 0 Å². The molecule has 1 aliphatic carbocycles. The molecule has 1 aliphatic heterocycles. The van der Waals surface area contributed by atoms with E-state index in [9.17, 15) is 0 Å². The molecular weight excluding hydrogens is 244 g/mol. The Morgan fingerprint density at radius 2 is 2.22 bits per heavy atom. The normalized spacial score (nSPS) is 25.9. The van der Waals surface area contributed by atoms with Crippen LogP contribution in [0.3, 0.4) is 0 Å². The molecule has 0 bridgehead atoms. The number of nitrogens with two attached hydrogens (primary N) is 1. The van der Waals surface area contributed by atoms with Gasteiger partial charge < -0.3 is 10.5 Å². The Morgan fingerprint density at radius 3 is 3.00 bits per heavy atom. The van der Waals surface area contributed by atoms with E-state index in [1.807, 2.05) is 6.07 Å². The van der Waals surface area contributed by atoms with Crippen molar-refractivity contribution < 1.29 is 4.74 Å². The molecule has 0 amide bonds. The van der Waals surface area contributed by atoms with Crippen molar-refractivity contribution in [1.82, 2.24) is 4.98 Å². The highest BCUT2D eigenvalue weighted by Crippen LogP contribution is 2.44. The molecule has 2 N–H and O–H groups in total. The Hall–Kier alpha value is -0.740. The number of rotatable bonds is 3. The second-order valence-electron chi connectivity index (χ2n) is 5.39. The molecule has 1 unspecified atom stereocenters. The number of nitrogen functional groups attached to an aromatic ring is 1. The SMILES string of the molecule is Nc1cnccc1SCC1CCC2(CCCC2)O1. The van der Waals surface area contributed by atoms with Crippen LogP contribution in [0.4, 0.5) is 5.69 Å². The van der Waals surface area contributed by atoms with E-state index in [1.165, 1.54) is 38.5 Å². The average molecular weight is 264 g/mol. The van der Waals surface area contributed by atoms with Gasteiger partial charge in [-0.3, -0.25) is 4.98 Å². The second kappa shape index (κ2) is 5.10. The van der Waals surface area contributed by atoms with Gasteiger partial charge in [-0.25, -0.2) is 0 Å². The molecule has 98 valence electrons. The van der Waals surface area contributed by atoms with Crippen LogP contribution in [0.1, 0.15) is 38.5 Å². The van der Waals surface area contributed by atoms with Crippen molar-refractivity contribution in [3.8, 4) is 0 Å². The summed E-state index contributed by atoms with van der Waals surface area (Å²) in [5, 5.41) is 0. The Kier molecular flexibility index (Phi) is 3.48. The van der Waals surface area contributed by atoms with E-state index in [1.54, 1.807) is 24.2 Å². The smallest absolute Gasteiger partial charge is 0.0687 e. The molecule has 1 aromatic heterocycles. The third kappa shape index (κ3) is 2.50. The molecule has 1 saturated carbocycles. The third-order valence-electron chi connectivity index (χ3n) is 4.09. The van der Waals surface area contributed by atoms with Crippen LogP contribution in [0.15, 0.2) is 23.4 Å². The van der Waals surface area contributed by atoms with E-state index >= 15 is 0 Å². The van der Waals surface area contributed by atoms with E-state index in [2.05, 4.69) is 4.98 Å². The summed E-state index contributed by atoms with van der Waals surface area (Å²) < 4.78 is 6.29. The summed E-state index contributed by atoms with van der Waals surface area (Å²) in [4.78, 5) is 5.14. The third-order valence-corrected chi connectivity index (χ3v) is 5.31. The predicted octanol–water partition coefficient (Wildman–Crippen LogP) is 3.25. The molecule has 1 atom stereocenters. The molecule has 0 aromatic carbocycles. The minimum Gasteiger partial charge on any atom is -0.397 e. The van der Waals surface area contributed by atoms with Gasteiger partial charge in [0.1, 0.15) is 0 Å². The monoisotopic (exact) mass is 264 g/mol. The lowest BCUT2D eigenvalue weighted by Gasteiger charge is -2.23. The molecule has 1 aromatic rings. The Balaban J connectivity index is 1.54. The van der Waals surface area contributed by atoms with Crippen molar-refractivity contribution in [3.05, 3.63) is 18.5 Å². The largest absolute Gasteiger partial charge is 0.397 e. The van der Waals surface area contributed by atoms with E-state index in [0.717, 1.165) is 16.3 Å². The van der Waals surface area contributed by atoms with Gasteiger partial charge in [-0.05, 0) is 31.7 Å². The first-order chi connectivity index (χ1) is 8.77. The van der Waals surface area contributed by atoms with Crippen molar-refractivity contribution in [2.24, 2.45) is 0 Å². The molecule has 0 radical (unpaired) electrons. The molecule has 1 saturated heterocycles. The van der Waals surface area contributed by atoms with E-state index in [4.69, 9.17) is 10.5 Å². The first-order valence-electron chi connectivity index (χ1n) is 6.78. The maximum atomic E-state index is 6.29. The molecule has 1 spiro atoms. The van der Waals surface area contributed by atoms with Gasteiger partial charge in [0.2, 0.25) is 0 Å². The molecular formula is C14H20N2OS. The minimum atomic E-state index is 0.245. The molecule has 18 heavy (non-hydrogen) atoms. The van der Waals surface area contributed by atoms with Crippen LogP contribution in [0.25, 0.3) is 0 Å². The standard InChI is InChI=1S/C14H20N2OS/c15-12-9-16-8-4-13(12)18-10-11-3-7-14(17-11)5-1-2-6-14/h4,8-9,11H,1-3,5-7,10,15H2. The van der Waals surface area contributed by atoms with Crippen LogP contribution >= 0.6 is 11.8 Å². The molecule has 2 fully saturated rings. The summed E-state index contributed by atoms with van der Waals surface area (Å²) in [6.45, 7) is 0. The van der Waals surface area contributed by atoms with Gasteiger partial charge in [0.15, 0.2) is 0 Å². The van der Waals surface area contributed by atoms with Crippen molar-refractivity contribution in [3.63, 3.8) is 0 Å². The number of aromatic nitrogens is 1. The zero-order valence-corrected chi connectivity index (χ0v) is 11.4. The van der Waals surface area contributed by atoms with Gasteiger partial charge in [0, 0.05) is 16.8 Å². The molecule has 3 rings (SSSR count). The Bertz CT molecular complexity index is 418. The number of hydrogen-bond donors (Lipinski definition) is 1. The first kappa shape index (κ1) is 12.3. The predicted molar refractivity (Wildman–Crippen MR) is 74.7 cm³/mol. The van der Waals surface area contributed by atoms with E-state index in [-0.39, 0.29) is 5.60 Å². The maximum absolute atomic E-state index is 6.29. The fourth-order valence-corrected chi connectivity index (χ4v) is 4.08. The highest BCUT2D eigenvalue weighted by molar-refractivity contribution is 7.99. The second-order valence-corrected chi connectivity index (χ2v) is 6.45. The summed E-state index contributed by atoms with van der Waals surface area (Å²) in [6.07, 6.45) is 11.6. The lowest BCUT2D eigenvalue weighted by molar-refractivity contribution is -0.0267. The highest BCUT2D eigenvalue weighted by Gasteiger charge is 2.41. The van der Waals surface area contributed by atoms with Crippen molar-refractivity contribution in [2.45, 2.75) is 55.1 Å². The van der Waals surface area contributed by atoms with Gasteiger partial charge in [0.25, 0.3) is 0 Å². The summed E-state index contributed by atoms with van der Waals surface area (Å²) in [5.41, 5.74) is 6.92. The topological polar surface area (TPSA) is 48.1 Å². The van der Waals surface area contributed by atoms with Gasteiger partial charge >= 0.3 is 0 Å². The van der Waals surface area contributed by atoms with Crippen molar-refractivity contribution in [2.75, 3.05) is 11.5 Å². The van der Waals surface area contributed by atoms with Crippen LogP contribution in [0.2, 0.25) is 0 Å². The van der Waals surface area contributed by atoms with Crippen LogP contribution in [-0.2, 0) is 4.74 Å². The van der Waals surface area contributed by atoms with Crippen LogP contribution in [0, 0.1) is 0 Å². The number of pyridine rings is 1. The summed E-state index contributed by atoms with van der Waals surface area (Å²) in [6, 6.07) is 1.99. The fourth-order valence-electron chi connectivity index (χ4n) is 3.11. The van der Waals surface area contributed by atoms with Crippen LogP contribution in [-0.4, -0.2) is 22.4 Å². The van der Waals surface area contributed by atoms with Gasteiger partial charge in [-0.1, -0.05) is 12.8 Å². The first-order valence-corrected chi connectivity index (χ1v) is 7.76. The van der Waals surface area contributed by atoms with E-state index < -0.39 is 0 Å². The number of anilines is 1. The summed E-state index contributed by atoms with van der Waals surface area (Å²) in [7, 11) is 0. The van der Waals surface area contributed by atoms with Crippen molar-refractivity contribution >= 4 is 17.4 Å². The van der Waals surface area contributed by atoms with Crippen LogP contribution in [0.5, 0.6) is 0 Å². The van der Waals surface area contributed by atoms with Crippen LogP contribution < -0.4 is 5.73 Å². The Morgan fingerprint density at radius 1 is 1.39 bits per heavy atom. The zero-order valence-electron chi connectivity index (χ0n) is 10.6. The Labute approximate surface area is 113 Å². The van der Waals surface area contributed by atoms with E-state index in [0.29, 0.717) is 6.10 Å². The average Bonchev–Trinajstić information content (AvgIpc) is 3.00. The molecule has 4 heteroatoms. The van der Waals surface area contributed by atoms with Gasteiger partial charge in [0.05, 0.1) is 23.6 Å². The fraction of sp³-hybridized carbons (Fsp3) is 0.643. The number of nitrogens with zero attached hydrogens (tertiary/aromatic N) is 1. The summed E-state index contributed by atoms with van der Waals surface area (Å²) >= 11 is 1.80. The molecule has 2 heterocycles.